The Hall–Kier alpha value is -3.59. The minimum Gasteiger partial charge on any atom is -0.465 e. The third-order valence-electron chi connectivity index (χ3n) is 6.60. The van der Waals surface area contributed by atoms with E-state index in [1.807, 2.05) is 44.2 Å². The molecular weight excluding hydrogens is 472 g/mol. The van der Waals surface area contributed by atoms with Gasteiger partial charge in [0.15, 0.2) is 5.58 Å². The molecule has 37 heavy (non-hydrogen) atoms. The van der Waals surface area contributed by atoms with Crippen LogP contribution in [0.2, 0.25) is 0 Å². The second kappa shape index (κ2) is 12.1. The van der Waals surface area contributed by atoms with Gasteiger partial charge in [-0.25, -0.2) is 4.79 Å². The van der Waals surface area contributed by atoms with E-state index < -0.39 is 18.2 Å². The first-order chi connectivity index (χ1) is 17.8. The van der Waals surface area contributed by atoms with E-state index in [-0.39, 0.29) is 18.4 Å². The van der Waals surface area contributed by atoms with Crippen LogP contribution in [0.15, 0.2) is 52.9 Å². The molecule has 1 aliphatic heterocycles. The van der Waals surface area contributed by atoms with Crippen molar-refractivity contribution in [1.29, 1.82) is 0 Å². The van der Waals surface area contributed by atoms with Crippen LogP contribution in [0.4, 0.5) is 10.8 Å². The molecule has 9 nitrogen and oxygen atoms in total. The third-order valence-corrected chi connectivity index (χ3v) is 6.60. The zero-order valence-electron chi connectivity index (χ0n) is 21.5. The van der Waals surface area contributed by atoms with Crippen molar-refractivity contribution in [3.63, 3.8) is 0 Å². The number of carbonyl (C=O) groups is 2. The fourth-order valence-corrected chi connectivity index (χ4v) is 4.79. The number of carboxylic acid groups (broad SMARTS) is 1. The van der Waals surface area contributed by atoms with Crippen LogP contribution in [0.5, 0.6) is 0 Å². The molecule has 3 aromatic rings. The lowest BCUT2D eigenvalue weighted by Crippen LogP contribution is -2.50. The van der Waals surface area contributed by atoms with Crippen molar-refractivity contribution in [3.05, 3.63) is 59.7 Å². The van der Waals surface area contributed by atoms with Crippen LogP contribution in [0.3, 0.4) is 0 Å². The Kier molecular flexibility index (Phi) is 8.66. The zero-order chi connectivity index (χ0) is 26.4. The number of oxazole rings is 1. The molecule has 198 valence electrons. The van der Waals surface area contributed by atoms with Gasteiger partial charge in [-0.15, -0.1) is 0 Å². The molecule has 0 radical (unpaired) electrons. The lowest BCUT2D eigenvalue weighted by Gasteiger charge is -2.31. The van der Waals surface area contributed by atoms with Crippen molar-refractivity contribution < 1.29 is 24.2 Å². The number of anilines is 1. The molecule has 0 aliphatic carbocycles. The normalized spacial score (nSPS) is 15.5. The van der Waals surface area contributed by atoms with Crippen LogP contribution < -0.4 is 10.2 Å². The Morgan fingerprint density at radius 2 is 1.81 bits per heavy atom. The van der Waals surface area contributed by atoms with Crippen LogP contribution in [0.1, 0.15) is 49.0 Å². The van der Waals surface area contributed by atoms with Gasteiger partial charge in [0.25, 0.3) is 11.9 Å². The van der Waals surface area contributed by atoms with E-state index in [4.69, 9.17) is 4.42 Å². The maximum Gasteiger partial charge on any atom is 0.404 e. The molecule has 3 N–H and O–H groups in total. The van der Waals surface area contributed by atoms with Crippen molar-refractivity contribution in [2.45, 2.75) is 51.7 Å². The van der Waals surface area contributed by atoms with E-state index in [0.717, 1.165) is 31.5 Å². The number of nitrogens with one attached hydrogen (secondary N) is 1. The molecule has 1 aliphatic rings. The van der Waals surface area contributed by atoms with Crippen LogP contribution in [-0.4, -0.2) is 70.4 Å². The summed E-state index contributed by atoms with van der Waals surface area (Å²) < 4.78 is 6.01. The number of carbonyl (C=O) groups excluding carboxylic acids is 1. The van der Waals surface area contributed by atoms with Crippen molar-refractivity contribution in [2.75, 3.05) is 31.1 Å². The highest BCUT2D eigenvalue weighted by Crippen LogP contribution is 2.26. The van der Waals surface area contributed by atoms with E-state index in [0.29, 0.717) is 35.6 Å². The van der Waals surface area contributed by atoms with Gasteiger partial charge in [-0.05, 0) is 55.4 Å². The Balaban J connectivity index is 1.52. The smallest absolute Gasteiger partial charge is 0.404 e. The molecule has 4 rings (SSSR count). The van der Waals surface area contributed by atoms with E-state index in [1.165, 1.54) is 6.42 Å². The standard InChI is InChI=1S/C28H36N4O5/c1-19(2)17-32(18-24(33)23(30-28(35)36)15-20-9-5-3-6-10-20)26(34)21-11-12-22-25(16-21)37-27(29-22)31-13-7-4-8-14-31/h3,5-6,9-12,16,19,23-24,30,33H,4,7-8,13-15,17-18H2,1-2H3,(H,35,36)/t23-,24+/m0/s1. The molecule has 0 saturated carbocycles. The van der Waals surface area contributed by atoms with Crippen molar-refractivity contribution in [3.8, 4) is 0 Å². The number of aliphatic hydroxyl groups excluding tert-OH is 1. The summed E-state index contributed by atoms with van der Waals surface area (Å²) in [6.07, 6.45) is 1.41. The lowest BCUT2D eigenvalue weighted by atomic mass is 10.00. The summed E-state index contributed by atoms with van der Waals surface area (Å²) in [7, 11) is 0. The zero-order valence-corrected chi connectivity index (χ0v) is 21.5. The predicted octanol–water partition coefficient (Wildman–Crippen LogP) is 4.16. The van der Waals surface area contributed by atoms with E-state index >= 15 is 0 Å². The molecule has 1 saturated heterocycles. The molecule has 2 aromatic carbocycles. The molecule has 9 heteroatoms. The molecule has 0 spiro atoms. The largest absolute Gasteiger partial charge is 0.465 e. The van der Waals surface area contributed by atoms with Gasteiger partial charge in [0, 0.05) is 31.7 Å². The van der Waals surface area contributed by atoms with E-state index in [2.05, 4.69) is 15.2 Å². The summed E-state index contributed by atoms with van der Waals surface area (Å²) in [6, 6.07) is 14.4. The average Bonchev–Trinajstić information content (AvgIpc) is 3.31. The Morgan fingerprint density at radius 1 is 1.08 bits per heavy atom. The maximum absolute atomic E-state index is 13.6. The third kappa shape index (κ3) is 7.01. The number of piperidine rings is 1. The Labute approximate surface area is 217 Å². The number of aromatic nitrogens is 1. The summed E-state index contributed by atoms with van der Waals surface area (Å²) in [5.41, 5.74) is 2.57. The summed E-state index contributed by atoms with van der Waals surface area (Å²) in [5, 5.41) is 22.8. The minimum absolute atomic E-state index is 0.0116. The minimum atomic E-state index is -1.22. The Bertz CT molecular complexity index is 1190. The predicted molar refractivity (Wildman–Crippen MR) is 142 cm³/mol. The maximum atomic E-state index is 13.6. The highest BCUT2D eigenvalue weighted by atomic mass is 16.4. The summed E-state index contributed by atoms with van der Waals surface area (Å²) in [5.74, 6) is -0.102. The van der Waals surface area contributed by atoms with Crippen LogP contribution in [0, 0.1) is 5.92 Å². The molecule has 0 bridgehead atoms. The first-order valence-electron chi connectivity index (χ1n) is 13.0. The van der Waals surface area contributed by atoms with Gasteiger partial charge in [-0.1, -0.05) is 44.2 Å². The van der Waals surface area contributed by atoms with Crippen molar-refractivity contribution >= 4 is 29.1 Å². The summed E-state index contributed by atoms with van der Waals surface area (Å²) >= 11 is 0. The number of nitrogens with zero attached hydrogens (tertiary/aromatic N) is 3. The SMILES string of the molecule is CC(C)CN(C[C@@H](O)[C@H](Cc1ccccc1)NC(=O)O)C(=O)c1ccc2nc(N3CCCCC3)oc2c1. The topological polar surface area (TPSA) is 119 Å². The highest BCUT2D eigenvalue weighted by Gasteiger charge is 2.27. The molecule has 1 fully saturated rings. The lowest BCUT2D eigenvalue weighted by molar-refractivity contribution is 0.0509. The van der Waals surface area contributed by atoms with Crippen LogP contribution in [0.25, 0.3) is 11.1 Å². The summed E-state index contributed by atoms with van der Waals surface area (Å²) in [6.45, 7) is 6.21. The molecule has 2 amide bonds. The van der Waals surface area contributed by atoms with Gasteiger partial charge in [-0.3, -0.25) is 4.79 Å². The average molecular weight is 509 g/mol. The van der Waals surface area contributed by atoms with Gasteiger partial charge < -0.3 is 29.7 Å². The van der Waals surface area contributed by atoms with E-state index in [9.17, 15) is 19.8 Å². The van der Waals surface area contributed by atoms with Crippen LogP contribution >= 0.6 is 0 Å². The molecule has 0 unspecified atom stereocenters. The number of benzene rings is 2. The number of hydrogen-bond acceptors (Lipinski definition) is 6. The Morgan fingerprint density at radius 3 is 2.49 bits per heavy atom. The quantitative estimate of drug-likeness (QED) is 0.376. The molecular formula is C28H36N4O5. The van der Waals surface area contributed by atoms with Gasteiger partial charge in [0.05, 0.1) is 12.1 Å². The van der Waals surface area contributed by atoms with Gasteiger partial charge in [0.2, 0.25) is 0 Å². The van der Waals surface area contributed by atoms with Crippen molar-refractivity contribution in [2.24, 2.45) is 5.92 Å². The number of hydrogen-bond donors (Lipinski definition) is 3. The fourth-order valence-electron chi connectivity index (χ4n) is 4.79. The van der Waals surface area contributed by atoms with Gasteiger partial charge in [-0.2, -0.15) is 4.98 Å². The first-order valence-corrected chi connectivity index (χ1v) is 13.0. The van der Waals surface area contributed by atoms with Gasteiger partial charge >= 0.3 is 6.09 Å². The molecule has 1 aromatic heterocycles. The van der Waals surface area contributed by atoms with Gasteiger partial charge in [0.1, 0.15) is 5.52 Å². The second-order valence-electron chi connectivity index (χ2n) is 10.1. The first kappa shape index (κ1) is 26.5. The number of fused-ring (bicyclic) bond motifs is 1. The number of rotatable bonds is 10. The fraction of sp³-hybridized carbons (Fsp3) is 0.464. The second-order valence-corrected chi connectivity index (χ2v) is 10.1. The summed E-state index contributed by atoms with van der Waals surface area (Å²) in [4.78, 5) is 33.3. The van der Waals surface area contributed by atoms with Crippen LogP contribution in [-0.2, 0) is 6.42 Å². The molecule has 2 atom stereocenters. The highest BCUT2D eigenvalue weighted by molar-refractivity contribution is 5.97. The number of amides is 2. The van der Waals surface area contributed by atoms with Crippen molar-refractivity contribution in [1.82, 2.24) is 15.2 Å². The van der Waals surface area contributed by atoms with E-state index in [1.54, 1.807) is 23.1 Å². The molecule has 2 heterocycles. The monoisotopic (exact) mass is 508 g/mol. The number of aliphatic hydroxyl groups is 1.